The predicted molar refractivity (Wildman–Crippen MR) is 295 cm³/mol. The van der Waals surface area contributed by atoms with Gasteiger partial charge in [0, 0.05) is 36.8 Å². The summed E-state index contributed by atoms with van der Waals surface area (Å²) in [5.74, 6) is 1.61. The number of esters is 2. The van der Waals surface area contributed by atoms with Crippen LogP contribution in [0.1, 0.15) is 142 Å². The van der Waals surface area contributed by atoms with E-state index >= 15 is 0 Å². The highest BCUT2D eigenvalue weighted by Gasteiger charge is 2.52. The monoisotopic (exact) mass is 994 g/mol. The standard InChI is InChI=1S/C70H58O6/c71-67(75-69-53(29-27-51-45-19-7-3-15-41(45)33-61(51)69)59-37-65-63(73-65)35-57(59)49-23-11-21-47-43-17-5-1-13-39(43)31-55(47)49)25-9-10-26-68(72)76-70-54(30-28-52-46-20-8-4-16-42(46)34-62(52)70)60-38-66-64(74-66)36-58(60)50-24-12-22-48-44-18-6-2-14-40(44)32-56(48)50/h1-8,11-24,27-30,57-60,63-66H,9-10,25-26,31-38H2. The summed E-state index contributed by atoms with van der Waals surface area (Å²) in [7, 11) is 0. The second-order valence-corrected chi connectivity index (χ2v) is 23.1. The Kier molecular flexibility index (Phi) is 10.4. The van der Waals surface area contributed by atoms with Crippen LogP contribution in [0.2, 0.25) is 0 Å². The summed E-state index contributed by atoms with van der Waals surface area (Å²) in [6.07, 6.45) is 9.38. The van der Waals surface area contributed by atoms with Crippen LogP contribution in [0, 0.1) is 0 Å². The number of hydrogen-bond donors (Lipinski definition) is 0. The van der Waals surface area contributed by atoms with E-state index in [1.54, 1.807) is 0 Å². The molecule has 8 atom stereocenters. The summed E-state index contributed by atoms with van der Waals surface area (Å²) in [4.78, 5) is 28.7. The zero-order valence-corrected chi connectivity index (χ0v) is 42.6. The lowest BCUT2D eigenvalue weighted by Gasteiger charge is -2.33. The average molecular weight is 995 g/mol. The van der Waals surface area contributed by atoms with Crippen LogP contribution < -0.4 is 9.47 Å². The summed E-state index contributed by atoms with van der Waals surface area (Å²) in [5, 5.41) is 0. The Bertz CT molecular complexity index is 3510. The Morgan fingerprint density at radius 3 is 1.04 bits per heavy atom. The van der Waals surface area contributed by atoms with Gasteiger partial charge in [-0.05, 0) is 175 Å². The van der Waals surface area contributed by atoms with Crippen LogP contribution in [0.25, 0.3) is 44.5 Å². The maximum absolute atomic E-state index is 14.4. The fourth-order valence-corrected chi connectivity index (χ4v) is 15.4. The molecule has 2 saturated carbocycles. The number of carbonyl (C=O) groups excluding carboxylic acids is 2. The number of ether oxygens (including phenoxy) is 4. The molecule has 2 heterocycles. The van der Waals surface area contributed by atoms with Crippen molar-refractivity contribution in [1.29, 1.82) is 0 Å². The molecule has 0 radical (unpaired) electrons. The van der Waals surface area contributed by atoms with Crippen molar-refractivity contribution in [1.82, 2.24) is 0 Å². The number of rotatable bonds is 11. The van der Waals surface area contributed by atoms with Gasteiger partial charge in [-0.1, -0.05) is 158 Å². The van der Waals surface area contributed by atoms with Crippen molar-refractivity contribution in [3.8, 4) is 56.0 Å². The van der Waals surface area contributed by atoms with Gasteiger partial charge in [-0.3, -0.25) is 9.59 Å². The van der Waals surface area contributed by atoms with E-state index < -0.39 is 0 Å². The zero-order chi connectivity index (χ0) is 50.2. The molecule has 0 spiro atoms. The first-order chi connectivity index (χ1) is 37.5. The van der Waals surface area contributed by atoms with Gasteiger partial charge in [-0.25, -0.2) is 0 Å². The first-order valence-electron chi connectivity index (χ1n) is 28.1. The Hall–Kier alpha value is -7.38. The van der Waals surface area contributed by atoms with Crippen LogP contribution in [0.15, 0.2) is 158 Å². The van der Waals surface area contributed by atoms with Crippen molar-refractivity contribution >= 4 is 11.9 Å². The smallest absolute Gasteiger partial charge is 0.311 e. The summed E-state index contributed by atoms with van der Waals surface area (Å²) in [6.45, 7) is 0. The molecule has 6 nitrogen and oxygen atoms in total. The van der Waals surface area contributed by atoms with Crippen LogP contribution in [-0.4, -0.2) is 36.4 Å². The molecule has 4 fully saturated rings. The van der Waals surface area contributed by atoms with Crippen molar-refractivity contribution in [2.75, 3.05) is 0 Å². The molecule has 2 aliphatic heterocycles. The fourth-order valence-electron chi connectivity index (χ4n) is 15.4. The first-order valence-corrected chi connectivity index (χ1v) is 28.1. The maximum Gasteiger partial charge on any atom is 0.311 e. The number of fused-ring (bicyclic) bond motifs is 14. The summed E-state index contributed by atoms with van der Waals surface area (Å²) in [5.41, 5.74) is 25.4. The fraction of sp³-hybridized carbons (Fsp3) is 0.286. The Balaban J connectivity index is 0.662. The van der Waals surface area contributed by atoms with Gasteiger partial charge >= 0.3 is 11.9 Å². The molecule has 6 aliphatic carbocycles. The molecule has 2 saturated heterocycles. The number of epoxide rings is 2. The molecule has 76 heavy (non-hydrogen) atoms. The second kappa shape index (κ2) is 17.6. The van der Waals surface area contributed by atoms with Crippen molar-refractivity contribution in [2.24, 2.45) is 0 Å². The van der Waals surface area contributed by atoms with Gasteiger partial charge in [0.05, 0.1) is 24.4 Å². The molecule has 6 heteroatoms. The van der Waals surface area contributed by atoms with Gasteiger partial charge in [0.1, 0.15) is 11.5 Å². The van der Waals surface area contributed by atoms with Crippen LogP contribution in [0.4, 0.5) is 0 Å². The minimum Gasteiger partial charge on any atom is -0.426 e. The van der Waals surface area contributed by atoms with E-state index in [1.165, 1.54) is 77.9 Å². The van der Waals surface area contributed by atoms with E-state index in [0.29, 0.717) is 12.8 Å². The third-order valence-electron chi connectivity index (χ3n) is 19.0. The molecule has 0 N–H and O–H groups in total. The molecule has 8 aromatic rings. The topological polar surface area (TPSA) is 77.7 Å². The first kappa shape index (κ1) is 44.9. The molecule has 8 aliphatic rings. The van der Waals surface area contributed by atoms with Gasteiger partial charge in [0.2, 0.25) is 0 Å². The van der Waals surface area contributed by atoms with E-state index in [0.717, 1.165) is 96.2 Å². The number of carbonyl (C=O) groups is 2. The zero-order valence-electron chi connectivity index (χ0n) is 42.6. The minimum absolute atomic E-state index is 0.121. The molecule has 0 bridgehead atoms. The maximum atomic E-state index is 14.4. The van der Waals surface area contributed by atoms with Crippen LogP contribution in [0.5, 0.6) is 11.5 Å². The van der Waals surface area contributed by atoms with Gasteiger partial charge in [0.15, 0.2) is 0 Å². The van der Waals surface area contributed by atoms with E-state index in [9.17, 15) is 9.59 Å². The minimum atomic E-state index is -0.261. The lowest BCUT2D eigenvalue weighted by atomic mass is 9.70. The Labute approximate surface area is 444 Å². The Morgan fingerprint density at radius 2 is 0.658 bits per heavy atom. The quantitative estimate of drug-likeness (QED) is 0.0556. The predicted octanol–water partition coefficient (Wildman–Crippen LogP) is 14.9. The highest BCUT2D eigenvalue weighted by atomic mass is 16.6. The normalized spacial score (nSPS) is 23.8. The van der Waals surface area contributed by atoms with Crippen molar-refractivity contribution in [2.45, 2.75) is 125 Å². The van der Waals surface area contributed by atoms with Gasteiger partial charge in [0.25, 0.3) is 0 Å². The highest BCUT2D eigenvalue weighted by Crippen LogP contribution is 2.59. The van der Waals surface area contributed by atoms with Crippen molar-refractivity contribution in [3.05, 3.63) is 224 Å². The molecule has 0 aromatic heterocycles. The van der Waals surface area contributed by atoms with E-state index in [-0.39, 0.29) is 72.9 Å². The molecule has 0 amide bonds. The van der Waals surface area contributed by atoms with Gasteiger partial charge < -0.3 is 18.9 Å². The van der Waals surface area contributed by atoms with Crippen molar-refractivity contribution in [3.63, 3.8) is 0 Å². The highest BCUT2D eigenvalue weighted by molar-refractivity contribution is 5.85. The summed E-state index contributed by atoms with van der Waals surface area (Å²) < 4.78 is 26.1. The molecule has 8 aromatic carbocycles. The van der Waals surface area contributed by atoms with Crippen LogP contribution >= 0.6 is 0 Å². The van der Waals surface area contributed by atoms with E-state index in [2.05, 4.69) is 158 Å². The third-order valence-corrected chi connectivity index (χ3v) is 19.0. The Morgan fingerprint density at radius 1 is 0.342 bits per heavy atom. The number of unbranched alkanes of at least 4 members (excludes halogenated alkanes) is 1. The molecule has 16 rings (SSSR count). The molecular weight excluding hydrogens is 937 g/mol. The number of benzene rings is 8. The summed E-state index contributed by atoms with van der Waals surface area (Å²) >= 11 is 0. The molecule has 374 valence electrons. The van der Waals surface area contributed by atoms with Gasteiger partial charge in [-0.2, -0.15) is 0 Å². The molecule has 8 unspecified atom stereocenters. The lowest BCUT2D eigenvalue weighted by Crippen LogP contribution is -2.24. The SMILES string of the molecule is O=C(CCCCC(=O)Oc1c(C2CC3OC3CC2c2cccc3c2Cc2ccccc2-3)ccc2c1Cc1ccccc1-2)Oc1c(C2CC3OC3CC2c2cccc3c2Cc2ccccc2-3)ccc2c1Cc1ccccc1-2. The summed E-state index contributed by atoms with van der Waals surface area (Å²) in [6, 6.07) is 57.5. The van der Waals surface area contributed by atoms with Crippen molar-refractivity contribution < 1.29 is 28.5 Å². The average Bonchev–Trinajstić information content (AvgIpc) is 4.26. The second-order valence-electron chi connectivity index (χ2n) is 23.1. The van der Waals surface area contributed by atoms with E-state index in [4.69, 9.17) is 18.9 Å². The van der Waals surface area contributed by atoms with Gasteiger partial charge in [-0.15, -0.1) is 0 Å². The third kappa shape index (κ3) is 7.35. The van der Waals surface area contributed by atoms with E-state index in [1.807, 2.05) is 0 Å². The largest absolute Gasteiger partial charge is 0.426 e. The lowest BCUT2D eigenvalue weighted by molar-refractivity contribution is -0.136. The van der Waals surface area contributed by atoms with Crippen LogP contribution in [-0.2, 0) is 44.7 Å². The molecular formula is C70H58O6. The number of hydrogen-bond acceptors (Lipinski definition) is 6. The van der Waals surface area contributed by atoms with Crippen LogP contribution in [0.3, 0.4) is 0 Å².